The monoisotopic (exact) mass is 372 g/mol. The molecule has 116 valence electrons. The quantitative estimate of drug-likeness (QED) is 0.663. The molecule has 3 rings (SSSR count). The van der Waals surface area contributed by atoms with Crippen LogP contribution in [0.3, 0.4) is 0 Å². The number of halogens is 1. The fourth-order valence-electron chi connectivity index (χ4n) is 2.46. The molecular weight excluding hydrogens is 360 g/mol. The van der Waals surface area contributed by atoms with Gasteiger partial charge < -0.3 is 0 Å². The molecule has 0 N–H and O–H groups in total. The normalized spacial score (nSPS) is 10.9. The summed E-state index contributed by atoms with van der Waals surface area (Å²) in [5, 5.41) is 0.415. The summed E-state index contributed by atoms with van der Waals surface area (Å²) in [7, 11) is 1.41. The molecule has 1 aromatic heterocycles. The van der Waals surface area contributed by atoms with E-state index in [4.69, 9.17) is 0 Å². The van der Waals surface area contributed by atoms with Gasteiger partial charge in [0.05, 0.1) is 17.4 Å². The average Bonchev–Trinajstić information content (AvgIpc) is 2.57. The van der Waals surface area contributed by atoms with Crippen molar-refractivity contribution in [3.05, 3.63) is 79.4 Å². The van der Waals surface area contributed by atoms with E-state index in [1.807, 2.05) is 0 Å². The van der Waals surface area contributed by atoms with Gasteiger partial charge in [-0.15, -0.1) is 0 Å². The van der Waals surface area contributed by atoms with Crippen molar-refractivity contribution < 1.29 is 4.79 Å². The van der Waals surface area contributed by atoms with Crippen LogP contribution in [0.5, 0.6) is 0 Å². The van der Waals surface area contributed by atoms with Gasteiger partial charge in [0.25, 0.3) is 5.56 Å². The number of ketones is 1. The molecular formula is C17H13BrN2O3. The third-order valence-corrected chi connectivity index (χ3v) is 4.24. The van der Waals surface area contributed by atoms with Crippen molar-refractivity contribution in [3.8, 4) is 0 Å². The van der Waals surface area contributed by atoms with Crippen LogP contribution in [0.15, 0.2) is 62.6 Å². The van der Waals surface area contributed by atoms with E-state index in [2.05, 4.69) is 15.9 Å². The van der Waals surface area contributed by atoms with Crippen molar-refractivity contribution in [3.63, 3.8) is 0 Å². The third kappa shape index (κ3) is 2.77. The van der Waals surface area contributed by atoms with E-state index in [-0.39, 0.29) is 17.9 Å². The lowest BCUT2D eigenvalue weighted by Gasteiger charge is -2.11. The molecule has 5 nitrogen and oxygen atoms in total. The van der Waals surface area contributed by atoms with Gasteiger partial charge in [-0.2, -0.15) is 0 Å². The van der Waals surface area contributed by atoms with Crippen LogP contribution >= 0.6 is 15.9 Å². The summed E-state index contributed by atoms with van der Waals surface area (Å²) in [6.45, 7) is -0.116. The molecule has 0 atom stereocenters. The van der Waals surface area contributed by atoms with Gasteiger partial charge in [0, 0.05) is 17.1 Å². The minimum atomic E-state index is -0.501. The first kappa shape index (κ1) is 15.4. The summed E-state index contributed by atoms with van der Waals surface area (Å²) >= 11 is 3.32. The van der Waals surface area contributed by atoms with E-state index in [0.717, 1.165) is 9.04 Å². The highest BCUT2D eigenvalue weighted by molar-refractivity contribution is 9.10. The smallest absolute Gasteiger partial charge is 0.292 e. The van der Waals surface area contributed by atoms with Crippen molar-refractivity contribution >= 4 is 32.6 Å². The minimum Gasteiger partial charge on any atom is -0.292 e. The molecule has 0 fully saturated rings. The Morgan fingerprint density at radius 3 is 2.39 bits per heavy atom. The summed E-state index contributed by atoms with van der Waals surface area (Å²) < 4.78 is 3.23. The molecule has 23 heavy (non-hydrogen) atoms. The number of hydrogen-bond donors (Lipinski definition) is 0. The van der Waals surface area contributed by atoms with Crippen LogP contribution in [0, 0.1) is 0 Å². The van der Waals surface area contributed by atoms with Gasteiger partial charge in [0.15, 0.2) is 5.78 Å². The SMILES string of the molecule is Cn1c(=O)c2ccccc2n(CC(=O)c2ccc(Br)cc2)c1=O. The highest BCUT2D eigenvalue weighted by Gasteiger charge is 2.14. The van der Waals surface area contributed by atoms with Crippen molar-refractivity contribution in [1.82, 2.24) is 9.13 Å². The van der Waals surface area contributed by atoms with Gasteiger partial charge in [-0.05, 0) is 24.3 Å². The second-order valence-corrected chi connectivity index (χ2v) is 6.10. The Kier molecular flexibility index (Phi) is 4.00. The number of hydrogen-bond acceptors (Lipinski definition) is 3. The Labute approximate surface area is 139 Å². The maximum atomic E-state index is 12.5. The molecule has 0 saturated heterocycles. The molecule has 6 heteroatoms. The summed E-state index contributed by atoms with van der Waals surface area (Å²) in [5.41, 5.74) is 0.112. The van der Waals surface area contributed by atoms with E-state index in [9.17, 15) is 14.4 Å². The Hall–Kier alpha value is -2.47. The van der Waals surface area contributed by atoms with E-state index < -0.39 is 5.69 Å². The minimum absolute atomic E-state index is 0.116. The molecule has 0 aliphatic heterocycles. The maximum absolute atomic E-state index is 12.5. The largest absolute Gasteiger partial charge is 0.331 e. The van der Waals surface area contributed by atoms with Crippen LogP contribution in [0.1, 0.15) is 10.4 Å². The highest BCUT2D eigenvalue weighted by atomic mass is 79.9. The zero-order valence-electron chi connectivity index (χ0n) is 12.3. The standard InChI is InChI=1S/C17H13BrN2O3/c1-19-16(22)13-4-2-3-5-14(13)20(17(19)23)10-15(21)11-6-8-12(18)9-7-11/h2-9H,10H2,1H3. The third-order valence-electron chi connectivity index (χ3n) is 3.72. The fourth-order valence-corrected chi connectivity index (χ4v) is 2.73. The predicted octanol–water partition coefficient (Wildman–Crippen LogP) is 2.35. The number of nitrogens with zero attached hydrogens (tertiary/aromatic N) is 2. The van der Waals surface area contributed by atoms with E-state index in [1.54, 1.807) is 48.5 Å². The molecule has 2 aromatic carbocycles. The Morgan fingerprint density at radius 2 is 1.70 bits per heavy atom. The van der Waals surface area contributed by atoms with E-state index >= 15 is 0 Å². The Morgan fingerprint density at radius 1 is 1.04 bits per heavy atom. The lowest BCUT2D eigenvalue weighted by molar-refractivity contribution is 0.0971. The first-order valence-electron chi connectivity index (χ1n) is 6.96. The van der Waals surface area contributed by atoms with Crippen molar-refractivity contribution in [2.24, 2.45) is 7.05 Å². The Balaban J connectivity index is 2.13. The summed E-state index contributed by atoms with van der Waals surface area (Å²) in [4.78, 5) is 37.0. The predicted molar refractivity (Wildman–Crippen MR) is 91.9 cm³/mol. The number of rotatable bonds is 3. The molecule has 0 bridgehead atoms. The number of carbonyl (C=O) groups is 1. The number of aromatic nitrogens is 2. The van der Waals surface area contributed by atoms with Gasteiger partial charge in [-0.3, -0.25) is 18.7 Å². The molecule has 0 aliphatic carbocycles. The average molecular weight is 373 g/mol. The summed E-state index contributed by atoms with van der Waals surface area (Å²) in [6.07, 6.45) is 0. The van der Waals surface area contributed by atoms with Crippen LogP contribution in [-0.2, 0) is 13.6 Å². The molecule has 0 aliphatic rings. The van der Waals surface area contributed by atoms with Crippen LogP contribution in [0.2, 0.25) is 0 Å². The topological polar surface area (TPSA) is 61.1 Å². The molecule has 0 radical (unpaired) electrons. The lowest BCUT2D eigenvalue weighted by Crippen LogP contribution is -2.39. The molecule has 0 unspecified atom stereocenters. The maximum Gasteiger partial charge on any atom is 0.331 e. The van der Waals surface area contributed by atoms with E-state index in [1.165, 1.54) is 11.6 Å². The highest BCUT2D eigenvalue weighted by Crippen LogP contribution is 2.13. The van der Waals surface area contributed by atoms with Crippen LogP contribution in [0.4, 0.5) is 0 Å². The van der Waals surface area contributed by atoms with Gasteiger partial charge >= 0.3 is 5.69 Å². The van der Waals surface area contributed by atoms with Crippen molar-refractivity contribution in [2.75, 3.05) is 0 Å². The summed E-state index contributed by atoms with van der Waals surface area (Å²) in [5.74, 6) is -0.191. The van der Waals surface area contributed by atoms with Crippen LogP contribution < -0.4 is 11.2 Å². The number of carbonyl (C=O) groups excluding carboxylic acids is 1. The molecule has 0 saturated carbocycles. The zero-order valence-corrected chi connectivity index (χ0v) is 13.9. The number of para-hydroxylation sites is 1. The zero-order chi connectivity index (χ0) is 16.6. The van der Waals surface area contributed by atoms with Gasteiger partial charge in [0.1, 0.15) is 0 Å². The first-order chi connectivity index (χ1) is 11.0. The van der Waals surface area contributed by atoms with Gasteiger partial charge in [0.2, 0.25) is 0 Å². The molecule has 1 heterocycles. The number of benzene rings is 2. The summed E-state index contributed by atoms with van der Waals surface area (Å²) in [6, 6.07) is 13.7. The first-order valence-corrected chi connectivity index (χ1v) is 7.75. The number of Topliss-reactive ketones (excluding diaryl/α,β-unsaturated/α-hetero) is 1. The van der Waals surface area contributed by atoms with Crippen LogP contribution in [0.25, 0.3) is 10.9 Å². The number of fused-ring (bicyclic) bond motifs is 1. The lowest BCUT2D eigenvalue weighted by atomic mass is 10.1. The fraction of sp³-hybridized carbons (Fsp3) is 0.118. The van der Waals surface area contributed by atoms with Crippen molar-refractivity contribution in [1.29, 1.82) is 0 Å². The van der Waals surface area contributed by atoms with Gasteiger partial charge in [-0.25, -0.2) is 4.79 Å². The van der Waals surface area contributed by atoms with E-state index in [0.29, 0.717) is 16.5 Å². The molecule has 0 spiro atoms. The molecule has 3 aromatic rings. The van der Waals surface area contributed by atoms with Gasteiger partial charge in [-0.1, -0.05) is 40.2 Å². The molecule has 0 amide bonds. The second kappa shape index (κ2) is 5.96. The van der Waals surface area contributed by atoms with Crippen LogP contribution in [-0.4, -0.2) is 14.9 Å². The second-order valence-electron chi connectivity index (χ2n) is 5.18. The van der Waals surface area contributed by atoms with Crippen molar-refractivity contribution in [2.45, 2.75) is 6.54 Å². The Bertz CT molecular complexity index is 1020.